The first-order valence-electron chi connectivity index (χ1n) is 10.5. The first kappa shape index (κ1) is 19.8. The Morgan fingerprint density at radius 2 is 2.16 bits per heavy atom. The van der Waals surface area contributed by atoms with Crippen molar-refractivity contribution in [1.29, 1.82) is 0 Å². The smallest absolute Gasteiger partial charge is 0.222 e. The van der Waals surface area contributed by atoms with E-state index < -0.39 is 0 Å². The summed E-state index contributed by atoms with van der Waals surface area (Å²) in [6, 6.07) is 6.58. The minimum atomic E-state index is 0.173. The lowest BCUT2D eigenvalue weighted by Gasteiger charge is -2.16. The maximum atomic E-state index is 12.2. The SMILES string of the molecule is CCC(=O)N1CCC(n2cc(-c3cc4cc(C)cc(OC)c4s3)c3c(N)ncnc32)C1. The Bertz CT molecular complexity index is 1310. The van der Waals surface area contributed by atoms with Crippen LogP contribution < -0.4 is 10.5 Å². The number of hydrogen-bond donors (Lipinski definition) is 1. The number of rotatable bonds is 4. The summed E-state index contributed by atoms with van der Waals surface area (Å²) in [6.45, 7) is 5.44. The number of aryl methyl sites for hydroxylation is 1. The highest BCUT2D eigenvalue weighted by Crippen LogP contribution is 2.43. The van der Waals surface area contributed by atoms with Crippen molar-refractivity contribution >= 4 is 44.2 Å². The Morgan fingerprint density at radius 1 is 1.32 bits per heavy atom. The molecular formula is C23H25N5O2S. The molecule has 5 rings (SSSR count). The Hall–Kier alpha value is -3.13. The van der Waals surface area contributed by atoms with Crippen LogP contribution in [0, 0.1) is 6.92 Å². The van der Waals surface area contributed by atoms with E-state index in [1.165, 1.54) is 6.33 Å². The number of carbonyl (C=O) groups excluding carboxylic acids is 1. The summed E-state index contributed by atoms with van der Waals surface area (Å²) < 4.78 is 8.91. The van der Waals surface area contributed by atoms with E-state index in [9.17, 15) is 4.79 Å². The number of aromatic nitrogens is 3. The van der Waals surface area contributed by atoms with Gasteiger partial charge in [0, 0.05) is 36.1 Å². The van der Waals surface area contributed by atoms with Crippen LogP contribution in [0.25, 0.3) is 31.6 Å². The Kier molecular flexibility index (Phi) is 4.81. The molecule has 1 atom stereocenters. The zero-order valence-electron chi connectivity index (χ0n) is 17.9. The molecule has 4 heterocycles. The molecule has 0 aliphatic carbocycles. The van der Waals surface area contributed by atoms with Crippen molar-refractivity contribution in [3.05, 3.63) is 36.3 Å². The number of likely N-dealkylation sites (tertiary alicyclic amines) is 1. The molecule has 1 aliphatic rings. The number of nitrogen functional groups attached to an aromatic ring is 1. The zero-order valence-corrected chi connectivity index (χ0v) is 18.7. The van der Waals surface area contributed by atoms with Crippen LogP contribution in [0.3, 0.4) is 0 Å². The van der Waals surface area contributed by atoms with Crippen molar-refractivity contribution in [2.24, 2.45) is 0 Å². The number of hydrogen-bond acceptors (Lipinski definition) is 6. The van der Waals surface area contributed by atoms with Crippen LogP contribution in [0.5, 0.6) is 5.75 Å². The second-order valence-corrected chi connectivity index (χ2v) is 9.09. The number of nitrogens with zero attached hydrogens (tertiary/aromatic N) is 4. The molecule has 1 amide bonds. The van der Waals surface area contributed by atoms with Crippen molar-refractivity contribution in [2.75, 3.05) is 25.9 Å². The third-order valence-corrected chi connectivity index (χ3v) is 7.26. The van der Waals surface area contributed by atoms with Gasteiger partial charge in [-0.1, -0.05) is 13.0 Å². The molecule has 7 nitrogen and oxygen atoms in total. The molecule has 0 spiro atoms. The van der Waals surface area contributed by atoms with E-state index >= 15 is 0 Å². The highest BCUT2D eigenvalue weighted by Gasteiger charge is 2.29. The lowest BCUT2D eigenvalue weighted by Crippen LogP contribution is -2.28. The van der Waals surface area contributed by atoms with Crippen LogP contribution >= 0.6 is 11.3 Å². The van der Waals surface area contributed by atoms with Gasteiger partial charge in [0.2, 0.25) is 5.91 Å². The van der Waals surface area contributed by atoms with E-state index in [1.54, 1.807) is 18.4 Å². The maximum Gasteiger partial charge on any atom is 0.222 e. The minimum Gasteiger partial charge on any atom is -0.495 e. The van der Waals surface area contributed by atoms with Gasteiger partial charge in [0.05, 0.1) is 23.2 Å². The van der Waals surface area contributed by atoms with Gasteiger partial charge in [0.1, 0.15) is 23.5 Å². The topological polar surface area (TPSA) is 86.3 Å². The minimum absolute atomic E-state index is 0.173. The number of ether oxygens (including phenoxy) is 1. The second-order valence-electron chi connectivity index (χ2n) is 8.04. The molecule has 0 saturated carbocycles. The number of thiophene rings is 1. The van der Waals surface area contributed by atoms with Crippen LogP contribution in [0.4, 0.5) is 5.82 Å². The monoisotopic (exact) mass is 435 g/mol. The van der Waals surface area contributed by atoms with Crippen molar-refractivity contribution in [3.8, 4) is 16.2 Å². The predicted molar refractivity (Wildman–Crippen MR) is 125 cm³/mol. The number of amides is 1. The van der Waals surface area contributed by atoms with Gasteiger partial charge in [-0.25, -0.2) is 9.97 Å². The number of methoxy groups -OCH3 is 1. The molecular weight excluding hydrogens is 410 g/mol. The summed E-state index contributed by atoms with van der Waals surface area (Å²) in [5.74, 6) is 1.54. The number of benzene rings is 1. The Labute approximate surface area is 184 Å². The standard InChI is InChI=1S/C23H25N5O2S/c1-4-19(29)27-6-5-15(10-27)28-11-16(20-22(24)25-12-26-23(20)28)18-9-14-7-13(2)8-17(30-3)21(14)31-18/h7-9,11-12,15H,4-6,10H2,1-3H3,(H2,24,25,26). The third-order valence-electron chi connectivity index (χ3n) is 6.06. The molecule has 3 aromatic heterocycles. The first-order chi connectivity index (χ1) is 15.0. The van der Waals surface area contributed by atoms with Crippen LogP contribution in [-0.2, 0) is 4.79 Å². The van der Waals surface area contributed by atoms with Gasteiger partial charge in [0.15, 0.2) is 0 Å². The van der Waals surface area contributed by atoms with Crippen LogP contribution in [0.1, 0.15) is 31.4 Å². The quantitative estimate of drug-likeness (QED) is 0.514. The molecule has 1 saturated heterocycles. The molecule has 1 aliphatic heterocycles. The highest BCUT2D eigenvalue weighted by atomic mass is 32.1. The number of carbonyl (C=O) groups is 1. The summed E-state index contributed by atoms with van der Waals surface area (Å²) in [5, 5.41) is 2.01. The van der Waals surface area contributed by atoms with Crippen molar-refractivity contribution < 1.29 is 9.53 Å². The van der Waals surface area contributed by atoms with Gasteiger partial charge in [0.25, 0.3) is 0 Å². The van der Waals surface area contributed by atoms with E-state index in [4.69, 9.17) is 10.5 Å². The molecule has 1 fully saturated rings. The van der Waals surface area contributed by atoms with Crippen molar-refractivity contribution in [3.63, 3.8) is 0 Å². The molecule has 1 unspecified atom stereocenters. The molecule has 0 bridgehead atoms. The van der Waals surface area contributed by atoms with Gasteiger partial charge in [-0.15, -0.1) is 11.3 Å². The first-order valence-corrected chi connectivity index (χ1v) is 11.3. The average molecular weight is 436 g/mol. The van der Waals surface area contributed by atoms with E-state index in [0.717, 1.165) is 55.8 Å². The molecule has 4 aromatic rings. The summed E-state index contributed by atoms with van der Waals surface area (Å²) in [7, 11) is 1.70. The maximum absolute atomic E-state index is 12.2. The number of nitrogens with two attached hydrogens (primary N) is 1. The van der Waals surface area contributed by atoms with Gasteiger partial charge in [-0.05, 0) is 36.4 Å². The average Bonchev–Trinajstić information content (AvgIpc) is 3.48. The van der Waals surface area contributed by atoms with Crippen molar-refractivity contribution in [1.82, 2.24) is 19.4 Å². The summed E-state index contributed by atoms with van der Waals surface area (Å²) in [6.07, 6.45) is 5.07. The summed E-state index contributed by atoms with van der Waals surface area (Å²) >= 11 is 1.68. The fourth-order valence-corrected chi connectivity index (χ4v) is 5.69. The zero-order chi connectivity index (χ0) is 21.7. The Balaban J connectivity index is 1.65. The van der Waals surface area contributed by atoms with Crippen LogP contribution in [-0.4, -0.2) is 45.5 Å². The normalized spacial score (nSPS) is 16.5. The predicted octanol–water partition coefficient (Wildman–Crippen LogP) is 4.40. The lowest BCUT2D eigenvalue weighted by molar-refractivity contribution is -0.129. The fourth-order valence-electron chi connectivity index (χ4n) is 4.54. The second kappa shape index (κ2) is 7.53. The van der Waals surface area contributed by atoms with Gasteiger partial charge >= 0.3 is 0 Å². The van der Waals surface area contributed by atoms with E-state index in [0.29, 0.717) is 18.8 Å². The molecule has 160 valence electrons. The Morgan fingerprint density at radius 3 is 2.94 bits per heavy atom. The molecule has 8 heteroatoms. The number of anilines is 1. The molecule has 2 N–H and O–H groups in total. The lowest BCUT2D eigenvalue weighted by atomic mass is 10.1. The fraction of sp³-hybridized carbons (Fsp3) is 0.348. The molecule has 31 heavy (non-hydrogen) atoms. The summed E-state index contributed by atoms with van der Waals surface area (Å²) in [5.41, 5.74) is 9.33. The van der Waals surface area contributed by atoms with E-state index in [2.05, 4.69) is 45.9 Å². The summed E-state index contributed by atoms with van der Waals surface area (Å²) in [4.78, 5) is 24.1. The van der Waals surface area contributed by atoms with Gasteiger partial charge in [-0.3, -0.25) is 4.79 Å². The molecule has 0 radical (unpaired) electrons. The van der Waals surface area contributed by atoms with Crippen LogP contribution in [0.15, 0.2) is 30.7 Å². The number of fused-ring (bicyclic) bond motifs is 2. The largest absolute Gasteiger partial charge is 0.495 e. The van der Waals surface area contributed by atoms with E-state index in [-0.39, 0.29) is 11.9 Å². The third kappa shape index (κ3) is 3.22. The highest BCUT2D eigenvalue weighted by molar-refractivity contribution is 7.22. The van der Waals surface area contributed by atoms with Gasteiger partial charge in [-0.2, -0.15) is 0 Å². The van der Waals surface area contributed by atoms with Gasteiger partial charge < -0.3 is 19.9 Å². The van der Waals surface area contributed by atoms with Crippen molar-refractivity contribution in [2.45, 2.75) is 32.7 Å². The van der Waals surface area contributed by atoms with Crippen LogP contribution in [0.2, 0.25) is 0 Å². The molecule has 1 aromatic carbocycles. The van der Waals surface area contributed by atoms with E-state index in [1.807, 2.05) is 11.8 Å².